The van der Waals surface area contributed by atoms with Crippen LogP contribution in [0.2, 0.25) is 0 Å². The summed E-state index contributed by atoms with van der Waals surface area (Å²) >= 11 is 4.31. The molecule has 2 N–H and O–H groups in total. The summed E-state index contributed by atoms with van der Waals surface area (Å²) in [6, 6.07) is 5.97. The topological polar surface area (TPSA) is 43.1 Å². The molecule has 1 saturated carbocycles. The summed E-state index contributed by atoms with van der Waals surface area (Å²) in [7, 11) is 0. The molecule has 0 aromatic heterocycles. The minimum atomic E-state index is 0.396. The van der Waals surface area contributed by atoms with Gasteiger partial charge in [-0.05, 0) is 36.5 Å². The second-order valence-electron chi connectivity index (χ2n) is 4.13. The van der Waals surface area contributed by atoms with Crippen molar-refractivity contribution in [3.8, 4) is 0 Å². The van der Waals surface area contributed by atoms with E-state index in [1.807, 2.05) is 12.1 Å². The molecule has 0 heterocycles. The molecule has 2 nitrogen and oxygen atoms in total. The van der Waals surface area contributed by atoms with Crippen molar-refractivity contribution >= 4 is 24.1 Å². The van der Waals surface area contributed by atoms with Crippen molar-refractivity contribution in [3.05, 3.63) is 23.8 Å². The Labute approximate surface area is 95.3 Å². The molecule has 0 amide bonds. The van der Waals surface area contributed by atoms with E-state index in [0.29, 0.717) is 17.4 Å². The van der Waals surface area contributed by atoms with Gasteiger partial charge in [-0.25, -0.2) is 0 Å². The van der Waals surface area contributed by atoms with Crippen LogP contribution >= 0.6 is 12.6 Å². The molecule has 80 valence electrons. The molecule has 1 aromatic rings. The Bertz CT molecular complexity index is 379. The maximum atomic E-state index is 11.1. The molecule has 1 aliphatic carbocycles. The van der Waals surface area contributed by atoms with Crippen LogP contribution in [-0.4, -0.2) is 5.78 Å². The molecular formula is C12H15NOS. The third-order valence-electron chi connectivity index (χ3n) is 3.07. The molecule has 0 aliphatic heterocycles. The Hall–Kier alpha value is -0.960. The van der Waals surface area contributed by atoms with Gasteiger partial charge in [-0.3, -0.25) is 4.79 Å². The monoisotopic (exact) mass is 221 g/mol. The van der Waals surface area contributed by atoms with Gasteiger partial charge in [0.2, 0.25) is 0 Å². The SMILES string of the molecule is Nc1ccc(C2CCC(=O)CC2)cc1S. The fourth-order valence-corrected chi connectivity index (χ4v) is 2.31. The first kappa shape index (κ1) is 10.6. The minimum absolute atomic E-state index is 0.396. The average Bonchev–Trinajstić information content (AvgIpc) is 2.23. The quantitative estimate of drug-likeness (QED) is 0.565. The number of nitrogen functional groups attached to an aromatic ring is 1. The van der Waals surface area contributed by atoms with Crippen LogP contribution in [0.3, 0.4) is 0 Å². The lowest BCUT2D eigenvalue weighted by atomic mass is 9.83. The van der Waals surface area contributed by atoms with Gasteiger partial charge in [0, 0.05) is 23.4 Å². The molecule has 0 spiro atoms. The lowest BCUT2D eigenvalue weighted by molar-refractivity contribution is -0.120. The molecule has 0 saturated heterocycles. The molecule has 0 bridgehead atoms. The number of ketones is 1. The maximum absolute atomic E-state index is 11.1. The van der Waals surface area contributed by atoms with Crippen LogP contribution in [0.25, 0.3) is 0 Å². The number of benzene rings is 1. The number of carbonyl (C=O) groups is 1. The highest BCUT2D eigenvalue weighted by Gasteiger charge is 2.20. The highest BCUT2D eigenvalue weighted by Crippen LogP contribution is 2.33. The van der Waals surface area contributed by atoms with Crippen LogP contribution in [0.15, 0.2) is 23.1 Å². The van der Waals surface area contributed by atoms with Crippen molar-refractivity contribution in [1.82, 2.24) is 0 Å². The van der Waals surface area contributed by atoms with Crippen molar-refractivity contribution in [2.45, 2.75) is 36.5 Å². The smallest absolute Gasteiger partial charge is 0.132 e. The van der Waals surface area contributed by atoms with Crippen LogP contribution in [-0.2, 0) is 4.79 Å². The third kappa shape index (κ3) is 2.34. The van der Waals surface area contributed by atoms with Gasteiger partial charge in [0.1, 0.15) is 5.78 Å². The number of Topliss-reactive ketones (excluding diaryl/α,β-unsaturated/α-hetero) is 1. The van der Waals surface area contributed by atoms with Crippen molar-refractivity contribution in [3.63, 3.8) is 0 Å². The molecule has 2 rings (SSSR count). The highest BCUT2D eigenvalue weighted by atomic mass is 32.1. The Morgan fingerprint density at radius 1 is 1.27 bits per heavy atom. The second kappa shape index (κ2) is 4.27. The first-order chi connectivity index (χ1) is 7.16. The van der Waals surface area contributed by atoms with Crippen LogP contribution in [0.5, 0.6) is 0 Å². The molecule has 3 heteroatoms. The second-order valence-corrected chi connectivity index (χ2v) is 4.61. The molecule has 0 atom stereocenters. The molecule has 0 radical (unpaired) electrons. The largest absolute Gasteiger partial charge is 0.398 e. The third-order valence-corrected chi connectivity index (χ3v) is 3.46. The van der Waals surface area contributed by atoms with Gasteiger partial charge >= 0.3 is 0 Å². The fourth-order valence-electron chi connectivity index (χ4n) is 2.09. The molecule has 0 unspecified atom stereocenters. The minimum Gasteiger partial charge on any atom is -0.398 e. The summed E-state index contributed by atoms with van der Waals surface area (Å²) < 4.78 is 0. The van der Waals surface area contributed by atoms with E-state index in [4.69, 9.17) is 5.73 Å². The number of hydrogen-bond donors (Lipinski definition) is 2. The first-order valence-corrected chi connectivity index (χ1v) is 5.71. The maximum Gasteiger partial charge on any atom is 0.132 e. The molecule has 1 aliphatic rings. The van der Waals surface area contributed by atoms with Crippen LogP contribution in [0.4, 0.5) is 5.69 Å². The van der Waals surface area contributed by atoms with Gasteiger partial charge in [0.15, 0.2) is 0 Å². The zero-order valence-electron chi connectivity index (χ0n) is 8.57. The number of hydrogen-bond acceptors (Lipinski definition) is 3. The normalized spacial score (nSPS) is 18.1. The van der Waals surface area contributed by atoms with Crippen LogP contribution in [0, 0.1) is 0 Å². The van der Waals surface area contributed by atoms with Crippen LogP contribution in [0.1, 0.15) is 37.2 Å². The van der Waals surface area contributed by atoms with E-state index in [1.165, 1.54) is 5.56 Å². The number of thiol groups is 1. The molecule has 1 fully saturated rings. The van der Waals surface area contributed by atoms with E-state index in [2.05, 4.69) is 18.7 Å². The van der Waals surface area contributed by atoms with E-state index in [0.717, 1.165) is 30.6 Å². The Morgan fingerprint density at radius 2 is 1.93 bits per heavy atom. The summed E-state index contributed by atoms with van der Waals surface area (Å²) in [5, 5.41) is 0. The van der Waals surface area contributed by atoms with Gasteiger partial charge in [0.25, 0.3) is 0 Å². The Balaban J connectivity index is 2.16. The summed E-state index contributed by atoms with van der Waals surface area (Å²) in [6.45, 7) is 0. The fraction of sp³-hybridized carbons (Fsp3) is 0.417. The summed E-state index contributed by atoms with van der Waals surface area (Å²) in [4.78, 5) is 12.0. The van der Waals surface area contributed by atoms with Crippen molar-refractivity contribution in [1.29, 1.82) is 0 Å². The Kier molecular flexibility index (Phi) is 3.00. The number of nitrogens with two attached hydrogens (primary N) is 1. The van der Waals surface area contributed by atoms with Crippen molar-refractivity contribution < 1.29 is 4.79 Å². The Morgan fingerprint density at radius 3 is 2.53 bits per heavy atom. The van der Waals surface area contributed by atoms with E-state index in [1.54, 1.807) is 0 Å². The van der Waals surface area contributed by atoms with Gasteiger partial charge in [-0.2, -0.15) is 0 Å². The molecule has 1 aromatic carbocycles. The van der Waals surface area contributed by atoms with Gasteiger partial charge in [0.05, 0.1) is 0 Å². The zero-order valence-corrected chi connectivity index (χ0v) is 9.47. The number of anilines is 1. The molecule has 15 heavy (non-hydrogen) atoms. The highest BCUT2D eigenvalue weighted by molar-refractivity contribution is 7.80. The number of rotatable bonds is 1. The van der Waals surface area contributed by atoms with E-state index in [9.17, 15) is 4.79 Å². The van der Waals surface area contributed by atoms with Gasteiger partial charge < -0.3 is 5.73 Å². The standard InChI is InChI=1S/C12H15NOS/c13-11-6-3-9(7-12(11)15)8-1-4-10(14)5-2-8/h3,6-8,15H,1-2,4-5,13H2. The average molecular weight is 221 g/mol. The van der Waals surface area contributed by atoms with Crippen molar-refractivity contribution in [2.24, 2.45) is 0 Å². The van der Waals surface area contributed by atoms with E-state index < -0.39 is 0 Å². The lowest BCUT2D eigenvalue weighted by Crippen LogP contribution is -2.12. The molecular weight excluding hydrogens is 206 g/mol. The predicted octanol–water partition coefficient (Wildman–Crippen LogP) is 2.78. The van der Waals surface area contributed by atoms with Gasteiger partial charge in [-0.1, -0.05) is 6.07 Å². The van der Waals surface area contributed by atoms with E-state index in [-0.39, 0.29) is 0 Å². The lowest BCUT2D eigenvalue weighted by Gasteiger charge is -2.21. The van der Waals surface area contributed by atoms with Gasteiger partial charge in [-0.15, -0.1) is 12.6 Å². The number of carbonyl (C=O) groups excluding carboxylic acids is 1. The predicted molar refractivity (Wildman–Crippen MR) is 64.3 cm³/mol. The summed E-state index contributed by atoms with van der Waals surface area (Å²) in [5.41, 5.74) is 7.69. The summed E-state index contributed by atoms with van der Waals surface area (Å²) in [6.07, 6.45) is 3.37. The summed E-state index contributed by atoms with van der Waals surface area (Å²) in [5.74, 6) is 0.905. The van der Waals surface area contributed by atoms with Crippen molar-refractivity contribution in [2.75, 3.05) is 5.73 Å². The van der Waals surface area contributed by atoms with Crippen LogP contribution < -0.4 is 5.73 Å². The van der Waals surface area contributed by atoms with E-state index >= 15 is 0 Å². The zero-order chi connectivity index (χ0) is 10.8. The first-order valence-electron chi connectivity index (χ1n) is 5.27.